The molecule has 5 rings (SSSR count). The maximum Gasteiger partial charge on any atom is 0.258 e. The first-order chi connectivity index (χ1) is 17.2. The van der Waals surface area contributed by atoms with Crippen molar-refractivity contribution < 1.29 is 9.59 Å². The van der Waals surface area contributed by atoms with Crippen LogP contribution in [0.2, 0.25) is 0 Å². The number of nitrogens with one attached hydrogen (secondary N) is 2. The van der Waals surface area contributed by atoms with Crippen LogP contribution in [0.1, 0.15) is 63.9 Å². The molecule has 3 aromatic carbocycles. The van der Waals surface area contributed by atoms with Gasteiger partial charge in [-0.25, -0.2) is 0 Å². The highest BCUT2D eigenvalue weighted by Gasteiger charge is 2.34. The van der Waals surface area contributed by atoms with Gasteiger partial charge in [0.2, 0.25) is 0 Å². The fraction of sp³-hybridized carbons (Fsp3) is 0.290. The van der Waals surface area contributed by atoms with Gasteiger partial charge in [-0.3, -0.25) is 9.59 Å². The number of carbonyl (C=O) groups is 2. The van der Waals surface area contributed by atoms with Gasteiger partial charge >= 0.3 is 0 Å². The van der Waals surface area contributed by atoms with E-state index in [2.05, 4.69) is 31.4 Å². The van der Waals surface area contributed by atoms with E-state index in [1.165, 1.54) is 4.88 Å². The van der Waals surface area contributed by atoms with Crippen molar-refractivity contribution >= 4 is 44.6 Å². The van der Waals surface area contributed by atoms with Crippen molar-refractivity contribution in [2.75, 3.05) is 10.6 Å². The molecule has 1 unspecified atom stereocenters. The summed E-state index contributed by atoms with van der Waals surface area (Å²) in [6.45, 7) is 8.78. The monoisotopic (exact) mass is 496 g/mol. The maximum atomic E-state index is 13.8. The molecule has 5 heteroatoms. The Balaban J connectivity index is 1.53. The smallest absolute Gasteiger partial charge is 0.258 e. The SMILES string of the molecule is Cc1ccccc1C(=O)Nc1sc2c(c1C(=O)Nc1cccc3ccccc13)CCC(C(C)(C)C)C2. The highest BCUT2D eigenvalue weighted by molar-refractivity contribution is 7.17. The van der Waals surface area contributed by atoms with Gasteiger partial charge in [0.1, 0.15) is 5.00 Å². The molecule has 1 atom stereocenters. The number of fused-ring (bicyclic) bond motifs is 2. The molecule has 0 saturated heterocycles. The zero-order chi connectivity index (χ0) is 25.4. The molecule has 36 heavy (non-hydrogen) atoms. The van der Waals surface area contributed by atoms with Crippen LogP contribution in [0.4, 0.5) is 10.7 Å². The predicted octanol–water partition coefficient (Wildman–Crippen LogP) is 7.87. The third-order valence-electron chi connectivity index (χ3n) is 7.37. The van der Waals surface area contributed by atoms with Gasteiger partial charge in [-0.1, -0.05) is 75.4 Å². The van der Waals surface area contributed by atoms with E-state index in [0.29, 0.717) is 22.0 Å². The minimum Gasteiger partial charge on any atom is -0.321 e. The first-order valence-electron chi connectivity index (χ1n) is 12.5. The molecule has 1 aliphatic carbocycles. The van der Waals surface area contributed by atoms with Crippen LogP contribution < -0.4 is 10.6 Å². The normalized spacial score (nSPS) is 15.4. The Morgan fingerprint density at radius 3 is 2.39 bits per heavy atom. The van der Waals surface area contributed by atoms with Gasteiger partial charge in [-0.2, -0.15) is 0 Å². The zero-order valence-corrected chi connectivity index (χ0v) is 22.1. The first kappa shape index (κ1) is 24.3. The zero-order valence-electron chi connectivity index (χ0n) is 21.3. The van der Waals surface area contributed by atoms with Crippen LogP contribution in [0, 0.1) is 18.3 Å². The molecular weight excluding hydrogens is 464 g/mol. The highest BCUT2D eigenvalue weighted by Crippen LogP contribution is 2.44. The van der Waals surface area contributed by atoms with Crippen molar-refractivity contribution in [1.82, 2.24) is 0 Å². The molecule has 2 amide bonds. The minimum atomic E-state index is -0.182. The van der Waals surface area contributed by atoms with Gasteiger partial charge in [0.05, 0.1) is 5.56 Å². The Morgan fingerprint density at radius 1 is 0.889 bits per heavy atom. The van der Waals surface area contributed by atoms with Gasteiger partial charge in [0, 0.05) is 21.5 Å². The number of hydrogen-bond acceptors (Lipinski definition) is 3. The van der Waals surface area contributed by atoms with Gasteiger partial charge in [0.25, 0.3) is 11.8 Å². The van der Waals surface area contributed by atoms with Gasteiger partial charge in [0.15, 0.2) is 0 Å². The lowest BCUT2D eigenvalue weighted by Gasteiger charge is -2.33. The predicted molar refractivity (Wildman–Crippen MR) is 150 cm³/mol. The molecule has 2 N–H and O–H groups in total. The third kappa shape index (κ3) is 4.68. The Labute approximate surface area is 216 Å². The lowest BCUT2D eigenvalue weighted by molar-refractivity contribution is 0.102. The topological polar surface area (TPSA) is 58.2 Å². The second-order valence-corrected chi connectivity index (χ2v) is 11.9. The molecule has 0 radical (unpaired) electrons. The molecule has 0 bridgehead atoms. The lowest BCUT2D eigenvalue weighted by Crippen LogP contribution is -2.27. The van der Waals surface area contributed by atoms with Crippen molar-refractivity contribution in [2.45, 2.75) is 47.0 Å². The van der Waals surface area contributed by atoms with Crippen LogP contribution in [-0.4, -0.2) is 11.8 Å². The molecule has 4 aromatic rings. The lowest BCUT2D eigenvalue weighted by atomic mass is 9.72. The summed E-state index contributed by atoms with van der Waals surface area (Å²) in [6.07, 6.45) is 2.80. The van der Waals surface area contributed by atoms with E-state index in [-0.39, 0.29) is 17.2 Å². The molecule has 4 nitrogen and oxygen atoms in total. The number of thiophene rings is 1. The van der Waals surface area contributed by atoms with Crippen LogP contribution >= 0.6 is 11.3 Å². The van der Waals surface area contributed by atoms with E-state index >= 15 is 0 Å². The minimum absolute atomic E-state index is 0.168. The molecule has 1 aliphatic rings. The molecule has 0 aliphatic heterocycles. The van der Waals surface area contributed by atoms with E-state index < -0.39 is 0 Å². The molecule has 0 fully saturated rings. The second kappa shape index (κ2) is 9.55. The molecule has 1 heterocycles. The molecule has 1 aromatic heterocycles. The second-order valence-electron chi connectivity index (χ2n) is 10.8. The number of benzene rings is 3. The van der Waals surface area contributed by atoms with E-state index in [1.807, 2.05) is 73.7 Å². The number of rotatable bonds is 4. The molecule has 184 valence electrons. The van der Waals surface area contributed by atoms with Gasteiger partial charge in [-0.05, 0) is 66.2 Å². The average molecular weight is 497 g/mol. The van der Waals surface area contributed by atoms with Crippen molar-refractivity contribution in [3.63, 3.8) is 0 Å². The number of hydrogen-bond donors (Lipinski definition) is 2. The summed E-state index contributed by atoms with van der Waals surface area (Å²) in [6, 6.07) is 21.5. The van der Waals surface area contributed by atoms with Gasteiger partial charge < -0.3 is 10.6 Å². The quantitative estimate of drug-likeness (QED) is 0.302. The molecule has 0 spiro atoms. The number of carbonyl (C=O) groups excluding carboxylic acids is 2. The van der Waals surface area contributed by atoms with Crippen molar-refractivity contribution in [3.8, 4) is 0 Å². The number of aryl methyl sites for hydroxylation is 1. The third-order valence-corrected chi connectivity index (χ3v) is 8.54. The fourth-order valence-electron chi connectivity index (χ4n) is 5.17. The summed E-state index contributed by atoms with van der Waals surface area (Å²) >= 11 is 1.56. The Morgan fingerprint density at radius 2 is 1.61 bits per heavy atom. The van der Waals surface area contributed by atoms with E-state index in [1.54, 1.807) is 11.3 Å². The Bertz CT molecular complexity index is 1460. The summed E-state index contributed by atoms with van der Waals surface area (Å²) < 4.78 is 0. The van der Waals surface area contributed by atoms with E-state index in [4.69, 9.17) is 0 Å². The fourth-order valence-corrected chi connectivity index (χ4v) is 6.49. The van der Waals surface area contributed by atoms with Crippen molar-refractivity contribution in [3.05, 3.63) is 93.9 Å². The Kier molecular flexibility index (Phi) is 6.44. The standard InChI is InChI=1S/C31H32N2O2S/c1-19-10-5-7-13-22(19)28(34)33-30-27(24-17-16-21(31(2,3)4)18-26(24)36-30)29(35)32-25-15-9-12-20-11-6-8-14-23(20)25/h5-15,21H,16-18H2,1-4H3,(H,32,35)(H,33,34). The Hall–Kier alpha value is -3.44. The van der Waals surface area contributed by atoms with Crippen LogP contribution in [0.5, 0.6) is 0 Å². The van der Waals surface area contributed by atoms with E-state index in [9.17, 15) is 9.59 Å². The van der Waals surface area contributed by atoms with Crippen LogP contribution in [-0.2, 0) is 12.8 Å². The largest absolute Gasteiger partial charge is 0.321 e. The number of amides is 2. The summed E-state index contributed by atoms with van der Waals surface area (Å²) in [5, 5.41) is 8.97. The summed E-state index contributed by atoms with van der Waals surface area (Å²) in [4.78, 5) is 28.3. The van der Waals surface area contributed by atoms with Crippen LogP contribution in [0.3, 0.4) is 0 Å². The maximum absolute atomic E-state index is 13.8. The first-order valence-corrected chi connectivity index (χ1v) is 13.3. The summed E-state index contributed by atoms with van der Waals surface area (Å²) in [7, 11) is 0. The molecular formula is C31H32N2O2S. The summed E-state index contributed by atoms with van der Waals surface area (Å²) in [5.74, 6) is 0.189. The van der Waals surface area contributed by atoms with Gasteiger partial charge in [-0.15, -0.1) is 11.3 Å². The molecule has 0 saturated carbocycles. The highest BCUT2D eigenvalue weighted by atomic mass is 32.1. The van der Waals surface area contributed by atoms with Crippen molar-refractivity contribution in [1.29, 1.82) is 0 Å². The number of anilines is 2. The average Bonchev–Trinajstić information content (AvgIpc) is 3.21. The van der Waals surface area contributed by atoms with Crippen LogP contribution in [0.15, 0.2) is 66.7 Å². The summed E-state index contributed by atoms with van der Waals surface area (Å²) in [5.41, 5.74) is 4.19. The van der Waals surface area contributed by atoms with E-state index in [0.717, 1.165) is 46.8 Å². The van der Waals surface area contributed by atoms with Crippen LogP contribution in [0.25, 0.3) is 10.8 Å². The van der Waals surface area contributed by atoms with Crippen molar-refractivity contribution in [2.24, 2.45) is 11.3 Å².